The molecule has 0 saturated carbocycles. The van der Waals surface area contributed by atoms with Gasteiger partial charge in [0.1, 0.15) is 6.10 Å². The lowest BCUT2D eigenvalue weighted by molar-refractivity contribution is -0.0272. The summed E-state index contributed by atoms with van der Waals surface area (Å²) in [5, 5.41) is 14.7. The summed E-state index contributed by atoms with van der Waals surface area (Å²) in [6.07, 6.45) is 0.869. The molecule has 0 radical (unpaired) electrons. The minimum atomic E-state index is -0.661. The molecule has 0 spiro atoms. The lowest BCUT2D eigenvalue weighted by atomic mass is 10.1. The number of hydrogen-bond acceptors (Lipinski definition) is 5. The average molecular weight is 337 g/mol. The van der Waals surface area contributed by atoms with Crippen LogP contribution < -0.4 is 0 Å². The minimum Gasteiger partial charge on any atom is -0.384 e. The van der Waals surface area contributed by atoms with E-state index in [1.165, 1.54) is 0 Å². The van der Waals surface area contributed by atoms with Crippen LogP contribution in [0.15, 0.2) is 10.7 Å². The number of hydrogen-bond donors (Lipinski definition) is 1. The average Bonchev–Trinajstić information content (AvgIpc) is 2.77. The Morgan fingerprint density at radius 3 is 3.28 bits per heavy atom. The molecular formula is C11H17BrN2O3S. The molecule has 1 fully saturated rings. The molecular weight excluding hydrogens is 320 g/mol. The van der Waals surface area contributed by atoms with E-state index in [1.54, 1.807) is 29.8 Å². The van der Waals surface area contributed by atoms with Crippen LogP contribution in [0.5, 0.6) is 0 Å². The van der Waals surface area contributed by atoms with Crippen molar-refractivity contribution < 1.29 is 14.6 Å². The van der Waals surface area contributed by atoms with Crippen LogP contribution in [-0.2, 0) is 16.0 Å². The van der Waals surface area contributed by atoms with E-state index < -0.39 is 6.10 Å². The molecule has 0 aromatic carbocycles. The van der Waals surface area contributed by atoms with Crippen molar-refractivity contribution in [3.05, 3.63) is 16.4 Å². The fourth-order valence-electron chi connectivity index (χ4n) is 1.89. The van der Waals surface area contributed by atoms with Gasteiger partial charge in [0.15, 0.2) is 0 Å². The van der Waals surface area contributed by atoms with E-state index in [2.05, 4.69) is 21.0 Å². The van der Waals surface area contributed by atoms with Gasteiger partial charge in [0.25, 0.3) is 0 Å². The van der Waals surface area contributed by atoms with E-state index in [0.29, 0.717) is 19.8 Å². The number of methoxy groups -OCH3 is 1. The first-order valence-corrected chi connectivity index (χ1v) is 7.76. The topological polar surface area (TPSA) is 56.5 Å². The highest BCUT2D eigenvalue weighted by atomic mass is 79.9. The van der Waals surface area contributed by atoms with Crippen molar-refractivity contribution in [2.45, 2.75) is 18.8 Å². The number of rotatable bonds is 5. The molecule has 1 aliphatic heterocycles. The van der Waals surface area contributed by atoms with Crippen molar-refractivity contribution >= 4 is 27.7 Å². The summed E-state index contributed by atoms with van der Waals surface area (Å²) in [4.78, 5) is 0. The second-order valence-corrected chi connectivity index (χ2v) is 6.03. The van der Waals surface area contributed by atoms with Gasteiger partial charge in [0.2, 0.25) is 0 Å². The Morgan fingerprint density at radius 2 is 2.61 bits per heavy atom. The predicted octanol–water partition coefficient (Wildman–Crippen LogP) is 1.46. The van der Waals surface area contributed by atoms with Gasteiger partial charge >= 0.3 is 0 Å². The monoisotopic (exact) mass is 336 g/mol. The predicted molar refractivity (Wildman–Crippen MR) is 73.8 cm³/mol. The molecule has 1 saturated heterocycles. The smallest absolute Gasteiger partial charge is 0.124 e. The van der Waals surface area contributed by atoms with Gasteiger partial charge in [0.05, 0.1) is 42.2 Å². The molecule has 102 valence electrons. The van der Waals surface area contributed by atoms with Crippen LogP contribution in [0.25, 0.3) is 0 Å². The van der Waals surface area contributed by atoms with Gasteiger partial charge < -0.3 is 14.6 Å². The molecule has 2 unspecified atom stereocenters. The van der Waals surface area contributed by atoms with E-state index in [0.717, 1.165) is 21.7 Å². The Labute approximate surface area is 119 Å². The Bertz CT molecular complexity index is 382. The second kappa shape index (κ2) is 6.91. The standard InChI is InChI=1S/C11H17BrN2O3S/c1-16-3-2-14-10(8(12)6-13-14)11(15)9-7-18-5-4-17-9/h6,9,11,15H,2-5,7H2,1H3. The number of halogens is 1. The van der Waals surface area contributed by atoms with Crippen LogP contribution in [0, 0.1) is 0 Å². The van der Waals surface area contributed by atoms with Gasteiger partial charge in [-0.25, -0.2) is 0 Å². The maximum atomic E-state index is 10.4. The summed E-state index contributed by atoms with van der Waals surface area (Å²) in [5.74, 6) is 1.80. The van der Waals surface area contributed by atoms with Gasteiger partial charge in [-0.05, 0) is 15.9 Å². The molecule has 1 aliphatic rings. The third kappa shape index (κ3) is 3.27. The molecule has 1 aromatic heterocycles. The van der Waals surface area contributed by atoms with E-state index in [1.807, 2.05) is 0 Å². The molecule has 2 heterocycles. The van der Waals surface area contributed by atoms with Gasteiger partial charge in [-0.1, -0.05) is 0 Å². The molecule has 1 N–H and O–H groups in total. The first-order chi connectivity index (χ1) is 8.74. The number of aliphatic hydroxyl groups excluding tert-OH is 1. The van der Waals surface area contributed by atoms with Crippen LogP contribution in [0.4, 0.5) is 0 Å². The number of aliphatic hydroxyl groups is 1. The van der Waals surface area contributed by atoms with Crippen LogP contribution in [0.1, 0.15) is 11.8 Å². The summed E-state index contributed by atoms with van der Waals surface area (Å²) in [6.45, 7) is 1.87. The molecule has 2 atom stereocenters. The van der Waals surface area contributed by atoms with Crippen LogP contribution >= 0.6 is 27.7 Å². The van der Waals surface area contributed by atoms with E-state index in [4.69, 9.17) is 9.47 Å². The Hall–Kier alpha value is -0.0800. The summed E-state index contributed by atoms with van der Waals surface area (Å²) in [6, 6.07) is 0. The maximum absolute atomic E-state index is 10.4. The van der Waals surface area contributed by atoms with Crippen LogP contribution in [0.3, 0.4) is 0 Å². The zero-order valence-electron chi connectivity index (χ0n) is 10.2. The van der Waals surface area contributed by atoms with E-state index in [-0.39, 0.29) is 6.10 Å². The van der Waals surface area contributed by atoms with Gasteiger partial charge in [-0.3, -0.25) is 4.68 Å². The van der Waals surface area contributed by atoms with Gasteiger partial charge in [-0.15, -0.1) is 0 Å². The molecule has 5 nitrogen and oxygen atoms in total. The van der Waals surface area contributed by atoms with Gasteiger partial charge in [0, 0.05) is 18.6 Å². The molecule has 18 heavy (non-hydrogen) atoms. The number of ether oxygens (including phenoxy) is 2. The molecule has 0 amide bonds. The summed E-state index contributed by atoms with van der Waals surface area (Å²) in [7, 11) is 1.65. The number of aromatic nitrogens is 2. The highest BCUT2D eigenvalue weighted by Gasteiger charge is 2.28. The Balaban J connectivity index is 2.12. The third-order valence-electron chi connectivity index (χ3n) is 2.81. The Morgan fingerprint density at radius 1 is 1.78 bits per heavy atom. The quantitative estimate of drug-likeness (QED) is 0.882. The SMILES string of the molecule is COCCn1ncc(Br)c1C(O)C1CSCCO1. The lowest BCUT2D eigenvalue weighted by Crippen LogP contribution is -2.31. The fraction of sp³-hybridized carbons (Fsp3) is 0.727. The van der Waals surface area contributed by atoms with Crippen molar-refractivity contribution in [2.24, 2.45) is 0 Å². The summed E-state index contributed by atoms with van der Waals surface area (Å²) < 4.78 is 13.2. The number of nitrogens with zero attached hydrogens (tertiary/aromatic N) is 2. The summed E-state index contributed by atoms with van der Waals surface area (Å²) >= 11 is 5.23. The molecule has 1 aromatic rings. The van der Waals surface area contributed by atoms with E-state index >= 15 is 0 Å². The second-order valence-electron chi connectivity index (χ2n) is 4.02. The van der Waals surface area contributed by atoms with Crippen molar-refractivity contribution in [3.8, 4) is 0 Å². The zero-order valence-corrected chi connectivity index (χ0v) is 12.6. The molecule has 0 aliphatic carbocycles. The van der Waals surface area contributed by atoms with E-state index in [9.17, 15) is 5.11 Å². The summed E-state index contributed by atoms with van der Waals surface area (Å²) in [5.41, 5.74) is 0.763. The van der Waals surface area contributed by atoms with Crippen molar-refractivity contribution in [1.82, 2.24) is 9.78 Å². The highest BCUT2D eigenvalue weighted by molar-refractivity contribution is 9.10. The molecule has 2 rings (SSSR count). The normalized spacial score (nSPS) is 22.1. The molecule has 0 bridgehead atoms. The third-order valence-corrected chi connectivity index (χ3v) is 4.45. The Kier molecular flexibility index (Phi) is 5.50. The zero-order chi connectivity index (χ0) is 13.0. The first-order valence-electron chi connectivity index (χ1n) is 5.81. The fourth-order valence-corrected chi connectivity index (χ4v) is 3.31. The molecule has 7 heteroatoms. The number of thioether (sulfide) groups is 1. The van der Waals surface area contributed by atoms with Crippen molar-refractivity contribution in [1.29, 1.82) is 0 Å². The lowest BCUT2D eigenvalue weighted by Gasteiger charge is -2.27. The van der Waals surface area contributed by atoms with Crippen LogP contribution in [-0.4, -0.2) is 52.8 Å². The highest BCUT2D eigenvalue weighted by Crippen LogP contribution is 2.30. The first kappa shape index (κ1) is 14.3. The minimum absolute atomic E-state index is 0.168. The maximum Gasteiger partial charge on any atom is 0.124 e. The van der Waals surface area contributed by atoms with Gasteiger partial charge in [-0.2, -0.15) is 16.9 Å². The van der Waals surface area contributed by atoms with Crippen molar-refractivity contribution in [3.63, 3.8) is 0 Å². The van der Waals surface area contributed by atoms with Crippen molar-refractivity contribution in [2.75, 3.05) is 31.8 Å². The largest absolute Gasteiger partial charge is 0.384 e. The van der Waals surface area contributed by atoms with Crippen LogP contribution in [0.2, 0.25) is 0 Å².